The molecule has 35 heavy (non-hydrogen) atoms. The number of rotatable bonds is 5. The Morgan fingerprint density at radius 3 is 1.49 bits per heavy atom. The molecule has 2 heteroatoms. The Morgan fingerprint density at radius 2 is 0.943 bits per heavy atom. The quantitative estimate of drug-likeness (QED) is 0.247. The van der Waals surface area contributed by atoms with Crippen LogP contribution < -0.4 is 0 Å². The number of oxazole rings is 1. The highest BCUT2D eigenvalue weighted by molar-refractivity contribution is 6.04. The summed E-state index contributed by atoms with van der Waals surface area (Å²) in [7, 11) is 0. The van der Waals surface area contributed by atoms with Gasteiger partial charge in [0.2, 0.25) is 5.89 Å². The molecular formula is C33H23NO. The smallest absolute Gasteiger partial charge is 0.228 e. The highest BCUT2D eigenvalue weighted by atomic mass is 16.3. The molecule has 2 nitrogen and oxygen atoms in total. The molecule has 5 aromatic carbocycles. The number of benzene rings is 5. The fourth-order valence-electron chi connectivity index (χ4n) is 4.55. The molecule has 0 fully saturated rings. The normalized spacial score (nSPS) is 10.9. The van der Waals surface area contributed by atoms with Gasteiger partial charge >= 0.3 is 0 Å². The summed E-state index contributed by atoms with van der Waals surface area (Å²) in [6, 6.07) is 47.8. The molecule has 0 aliphatic rings. The summed E-state index contributed by atoms with van der Waals surface area (Å²) >= 11 is 0. The molecule has 0 saturated heterocycles. The Kier molecular flexibility index (Phi) is 5.54. The molecule has 166 valence electrons. The van der Waals surface area contributed by atoms with Gasteiger partial charge in [0.15, 0.2) is 5.58 Å². The van der Waals surface area contributed by atoms with Crippen molar-refractivity contribution < 1.29 is 4.42 Å². The fraction of sp³-hybridized carbons (Fsp3) is 0. The third kappa shape index (κ3) is 4.07. The van der Waals surface area contributed by atoms with E-state index in [1.807, 2.05) is 48.5 Å². The van der Waals surface area contributed by atoms with Gasteiger partial charge in [-0.1, -0.05) is 133 Å². The topological polar surface area (TPSA) is 26.0 Å². The lowest BCUT2D eigenvalue weighted by Gasteiger charge is -2.15. The molecule has 0 N–H and O–H groups in total. The van der Waals surface area contributed by atoms with Crippen LogP contribution in [0.3, 0.4) is 0 Å². The second kappa shape index (κ2) is 9.28. The standard InChI is InChI=1S/C33H23NO/c1-5-14-24(15-6-1)28-22-13-23-29-32(28)34-33(35-29)31(27-20-11-4-12-21-27)30(25-16-7-2-8-17-25)26-18-9-3-10-19-26/h1-23H. The molecule has 1 heterocycles. The van der Waals surface area contributed by atoms with E-state index in [0.717, 1.165) is 50.1 Å². The van der Waals surface area contributed by atoms with Crippen molar-refractivity contribution >= 4 is 22.2 Å². The van der Waals surface area contributed by atoms with E-state index in [1.165, 1.54) is 0 Å². The second-order valence-corrected chi connectivity index (χ2v) is 8.39. The van der Waals surface area contributed by atoms with Gasteiger partial charge in [0.05, 0.1) is 5.57 Å². The molecule has 6 rings (SSSR count). The first-order valence-electron chi connectivity index (χ1n) is 11.7. The van der Waals surface area contributed by atoms with Gasteiger partial charge in [-0.15, -0.1) is 0 Å². The average Bonchev–Trinajstić information content (AvgIpc) is 3.37. The van der Waals surface area contributed by atoms with Crippen molar-refractivity contribution in [2.24, 2.45) is 0 Å². The number of nitrogens with zero attached hydrogens (tertiary/aromatic N) is 1. The summed E-state index contributed by atoms with van der Waals surface area (Å²) in [5, 5.41) is 0. The first kappa shape index (κ1) is 20.9. The minimum absolute atomic E-state index is 0.609. The van der Waals surface area contributed by atoms with E-state index in [-0.39, 0.29) is 0 Å². The second-order valence-electron chi connectivity index (χ2n) is 8.39. The molecule has 0 radical (unpaired) electrons. The molecule has 1 aromatic heterocycles. The van der Waals surface area contributed by atoms with Crippen LogP contribution in [0.15, 0.2) is 144 Å². The molecule has 0 unspecified atom stereocenters. The minimum atomic E-state index is 0.609. The largest absolute Gasteiger partial charge is 0.436 e. The Labute approximate surface area is 204 Å². The van der Waals surface area contributed by atoms with Crippen LogP contribution in [-0.2, 0) is 0 Å². The zero-order valence-corrected chi connectivity index (χ0v) is 19.1. The van der Waals surface area contributed by atoms with Crippen LogP contribution in [0, 0.1) is 0 Å². The van der Waals surface area contributed by atoms with Crippen LogP contribution in [0.25, 0.3) is 33.4 Å². The first-order chi connectivity index (χ1) is 17.4. The molecule has 0 aliphatic carbocycles. The number of hydrogen-bond donors (Lipinski definition) is 0. The van der Waals surface area contributed by atoms with Gasteiger partial charge < -0.3 is 4.42 Å². The van der Waals surface area contributed by atoms with E-state index in [9.17, 15) is 0 Å². The van der Waals surface area contributed by atoms with Crippen molar-refractivity contribution in [3.8, 4) is 11.1 Å². The molecule has 0 amide bonds. The molecule has 6 aromatic rings. The van der Waals surface area contributed by atoms with E-state index in [2.05, 4.69) is 91.0 Å². The zero-order valence-electron chi connectivity index (χ0n) is 19.1. The first-order valence-corrected chi connectivity index (χ1v) is 11.7. The Morgan fingerprint density at radius 1 is 0.457 bits per heavy atom. The zero-order chi connectivity index (χ0) is 23.5. The van der Waals surface area contributed by atoms with Crippen LogP contribution in [0.2, 0.25) is 0 Å². The van der Waals surface area contributed by atoms with Crippen molar-refractivity contribution in [2.45, 2.75) is 0 Å². The summed E-state index contributed by atoms with van der Waals surface area (Å²) in [6.45, 7) is 0. The number of para-hydroxylation sites is 1. The molecular weight excluding hydrogens is 426 g/mol. The summed E-state index contributed by atoms with van der Waals surface area (Å²) < 4.78 is 6.50. The van der Waals surface area contributed by atoms with Gasteiger partial charge in [-0.25, -0.2) is 4.98 Å². The summed E-state index contributed by atoms with van der Waals surface area (Å²) in [5.74, 6) is 0.609. The van der Waals surface area contributed by atoms with Gasteiger partial charge in [0.1, 0.15) is 5.52 Å². The van der Waals surface area contributed by atoms with E-state index in [0.29, 0.717) is 5.89 Å². The van der Waals surface area contributed by atoms with E-state index in [1.54, 1.807) is 0 Å². The molecule has 0 saturated carbocycles. The van der Waals surface area contributed by atoms with Crippen molar-refractivity contribution in [3.05, 3.63) is 162 Å². The van der Waals surface area contributed by atoms with E-state index >= 15 is 0 Å². The van der Waals surface area contributed by atoms with Crippen LogP contribution >= 0.6 is 0 Å². The van der Waals surface area contributed by atoms with Gasteiger partial charge in [0, 0.05) is 11.1 Å². The maximum Gasteiger partial charge on any atom is 0.228 e. The Bertz CT molecular complexity index is 1560. The highest BCUT2D eigenvalue weighted by Gasteiger charge is 2.21. The number of aromatic nitrogens is 1. The third-order valence-corrected chi connectivity index (χ3v) is 6.16. The van der Waals surface area contributed by atoms with E-state index < -0.39 is 0 Å². The Hall–Kier alpha value is -4.69. The predicted molar refractivity (Wildman–Crippen MR) is 144 cm³/mol. The minimum Gasteiger partial charge on any atom is -0.436 e. The maximum absolute atomic E-state index is 6.50. The summed E-state index contributed by atoms with van der Waals surface area (Å²) in [6.07, 6.45) is 0. The third-order valence-electron chi connectivity index (χ3n) is 6.16. The van der Waals surface area contributed by atoms with Crippen molar-refractivity contribution in [2.75, 3.05) is 0 Å². The van der Waals surface area contributed by atoms with Gasteiger partial charge in [-0.05, 0) is 28.3 Å². The van der Waals surface area contributed by atoms with Crippen LogP contribution in [-0.4, -0.2) is 4.98 Å². The Balaban J connectivity index is 1.68. The number of fused-ring (bicyclic) bond motifs is 1. The monoisotopic (exact) mass is 449 g/mol. The lowest BCUT2D eigenvalue weighted by atomic mass is 9.89. The SMILES string of the molecule is c1ccc(C(=C(c2ccccc2)c2nc3c(-c4ccccc4)cccc3o2)c2ccccc2)cc1. The van der Waals surface area contributed by atoms with Gasteiger partial charge in [-0.3, -0.25) is 0 Å². The lowest BCUT2D eigenvalue weighted by Crippen LogP contribution is -1.97. The summed E-state index contributed by atoms with van der Waals surface area (Å²) in [5.41, 5.74) is 9.16. The highest BCUT2D eigenvalue weighted by Crippen LogP contribution is 2.38. The fourth-order valence-corrected chi connectivity index (χ4v) is 4.55. The van der Waals surface area contributed by atoms with Crippen LogP contribution in [0.5, 0.6) is 0 Å². The summed E-state index contributed by atoms with van der Waals surface area (Å²) in [4.78, 5) is 5.11. The number of hydrogen-bond acceptors (Lipinski definition) is 2. The predicted octanol–water partition coefficient (Wildman–Crippen LogP) is 8.50. The average molecular weight is 450 g/mol. The molecule has 0 aliphatic heterocycles. The molecule has 0 spiro atoms. The molecule has 0 atom stereocenters. The van der Waals surface area contributed by atoms with Crippen molar-refractivity contribution in [1.82, 2.24) is 4.98 Å². The van der Waals surface area contributed by atoms with Crippen LogP contribution in [0.4, 0.5) is 0 Å². The van der Waals surface area contributed by atoms with Gasteiger partial charge in [0.25, 0.3) is 0 Å². The lowest BCUT2D eigenvalue weighted by molar-refractivity contribution is 0.585. The van der Waals surface area contributed by atoms with Crippen LogP contribution in [0.1, 0.15) is 22.6 Å². The molecule has 0 bridgehead atoms. The van der Waals surface area contributed by atoms with E-state index in [4.69, 9.17) is 9.40 Å². The van der Waals surface area contributed by atoms with Crippen molar-refractivity contribution in [1.29, 1.82) is 0 Å². The van der Waals surface area contributed by atoms with Gasteiger partial charge in [-0.2, -0.15) is 0 Å². The van der Waals surface area contributed by atoms with Crippen molar-refractivity contribution in [3.63, 3.8) is 0 Å². The maximum atomic E-state index is 6.50.